The van der Waals surface area contributed by atoms with E-state index in [1.54, 1.807) is 0 Å². The smallest absolute Gasteiger partial charge is 0.457 e. The van der Waals surface area contributed by atoms with Gasteiger partial charge >= 0.3 is 7.12 Å². The molecule has 1 saturated heterocycles. The fraction of sp³-hybridized carbons (Fsp3) is 0.400. The van der Waals surface area contributed by atoms with Crippen LogP contribution in [0, 0.1) is 0 Å². The first kappa shape index (κ1) is 22.6. The molecule has 0 aliphatic carbocycles. The van der Waals surface area contributed by atoms with Crippen molar-refractivity contribution in [3.8, 4) is 11.5 Å². The summed E-state index contributed by atoms with van der Waals surface area (Å²) >= 11 is 0. The van der Waals surface area contributed by atoms with Gasteiger partial charge in [0.25, 0.3) is 0 Å². The zero-order valence-electron chi connectivity index (χ0n) is 19.5. The van der Waals surface area contributed by atoms with Gasteiger partial charge in [-0.1, -0.05) is 24.3 Å². The van der Waals surface area contributed by atoms with Gasteiger partial charge in [0.2, 0.25) is 0 Å². The molecule has 6 nitrogen and oxygen atoms in total. The summed E-state index contributed by atoms with van der Waals surface area (Å²) in [4.78, 5) is 0. The van der Waals surface area contributed by atoms with Gasteiger partial charge in [0.05, 0.1) is 17.7 Å². The highest BCUT2D eigenvalue weighted by molar-refractivity contribution is 6.62. The van der Waals surface area contributed by atoms with Crippen LogP contribution in [0.1, 0.15) is 45.7 Å². The lowest BCUT2D eigenvalue weighted by atomic mass is 9.82. The molecule has 0 amide bonds. The van der Waals surface area contributed by atoms with Crippen molar-refractivity contribution in [1.82, 2.24) is 9.78 Å². The predicted octanol–water partition coefficient (Wildman–Crippen LogP) is 3.91. The Morgan fingerprint density at radius 1 is 1.00 bits per heavy atom. The summed E-state index contributed by atoms with van der Waals surface area (Å²) in [5.74, 6) is 1.60. The quantitative estimate of drug-likeness (QED) is 0.572. The minimum Gasteiger partial charge on any atom is -0.457 e. The maximum atomic E-state index is 6.13. The zero-order chi connectivity index (χ0) is 22.9. The lowest BCUT2D eigenvalue weighted by Crippen LogP contribution is -2.41. The summed E-state index contributed by atoms with van der Waals surface area (Å²) in [6, 6.07) is 16.2. The number of aromatic nitrogens is 2. The number of rotatable bonds is 7. The van der Waals surface area contributed by atoms with E-state index in [-0.39, 0.29) is 17.2 Å². The number of nitrogens with two attached hydrogens (primary N) is 1. The van der Waals surface area contributed by atoms with Crippen molar-refractivity contribution in [1.29, 1.82) is 0 Å². The van der Waals surface area contributed by atoms with Crippen LogP contribution in [0.25, 0.3) is 0 Å². The van der Waals surface area contributed by atoms with Gasteiger partial charge in [-0.25, -0.2) is 0 Å². The molecule has 32 heavy (non-hydrogen) atoms. The van der Waals surface area contributed by atoms with E-state index in [9.17, 15) is 0 Å². The third kappa shape index (κ3) is 5.06. The fourth-order valence-corrected chi connectivity index (χ4v) is 3.71. The van der Waals surface area contributed by atoms with Crippen LogP contribution >= 0.6 is 0 Å². The van der Waals surface area contributed by atoms with E-state index in [0.29, 0.717) is 6.54 Å². The lowest BCUT2D eigenvalue weighted by molar-refractivity contribution is 0.00578. The topological polar surface area (TPSA) is 71.5 Å². The minimum absolute atomic E-state index is 0.115. The SMILES string of the molecule is CC(N)Cc1cccc(Oc2cccc(Cn3cc(B4OC(C)(C)C(C)(C)O4)cn3)c2)c1. The van der Waals surface area contributed by atoms with Gasteiger partial charge < -0.3 is 19.8 Å². The maximum absolute atomic E-state index is 6.13. The Morgan fingerprint density at radius 3 is 2.22 bits per heavy atom. The van der Waals surface area contributed by atoms with Gasteiger partial charge in [0.1, 0.15) is 11.5 Å². The Labute approximate surface area is 190 Å². The largest absolute Gasteiger partial charge is 0.498 e. The molecule has 2 N–H and O–H groups in total. The third-order valence-electron chi connectivity index (χ3n) is 6.11. The van der Waals surface area contributed by atoms with Crippen LogP contribution in [0.15, 0.2) is 60.9 Å². The molecule has 3 aromatic rings. The zero-order valence-corrected chi connectivity index (χ0v) is 19.5. The molecule has 1 aliphatic rings. The molecule has 1 unspecified atom stereocenters. The summed E-state index contributed by atoms with van der Waals surface area (Å²) in [6.07, 6.45) is 4.61. The molecule has 1 aliphatic heterocycles. The first-order valence-electron chi connectivity index (χ1n) is 11.1. The Hall–Kier alpha value is -2.61. The average Bonchev–Trinajstić information content (AvgIpc) is 3.23. The Kier molecular flexibility index (Phi) is 6.16. The molecule has 1 aromatic heterocycles. The number of ether oxygens (including phenoxy) is 1. The van der Waals surface area contributed by atoms with Crippen LogP contribution in [0.5, 0.6) is 11.5 Å². The number of hydrogen-bond acceptors (Lipinski definition) is 5. The third-order valence-corrected chi connectivity index (χ3v) is 6.11. The molecule has 0 bridgehead atoms. The highest BCUT2D eigenvalue weighted by atomic mass is 16.7. The van der Waals surface area contributed by atoms with Gasteiger partial charge in [0.15, 0.2) is 0 Å². The van der Waals surface area contributed by atoms with E-state index in [1.165, 1.54) is 5.56 Å². The minimum atomic E-state index is -0.410. The average molecular weight is 433 g/mol. The number of benzene rings is 2. The van der Waals surface area contributed by atoms with E-state index >= 15 is 0 Å². The molecule has 0 radical (unpaired) electrons. The molecule has 168 valence electrons. The van der Waals surface area contributed by atoms with Crippen molar-refractivity contribution in [3.05, 3.63) is 72.1 Å². The first-order chi connectivity index (χ1) is 15.1. The molecule has 0 spiro atoms. The van der Waals surface area contributed by atoms with Gasteiger partial charge in [-0.05, 0) is 76.4 Å². The number of hydrogen-bond donors (Lipinski definition) is 1. The van der Waals surface area contributed by atoms with Crippen molar-refractivity contribution in [2.45, 2.75) is 64.8 Å². The van der Waals surface area contributed by atoms with Crippen molar-refractivity contribution in [3.63, 3.8) is 0 Å². The molecule has 4 rings (SSSR count). The molecule has 7 heteroatoms. The van der Waals surface area contributed by atoms with Crippen LogP contribution in [0.2, 0.25) is 0 Å². The van der Waals surface area contributed by atoms with Crippen LogP contribution in [0.4, 0.5) is 0 Å². The van der Waals surface area contributed by atoms with Gasteiger partial charge in [-0.2, -0.15) is 5.10 Å². The second kappa shape index (κ2) is 8.73. The maximum Gasteiger partial charge on any atom is 0.498 e. The van der Waals surface area contributed by atoms with Crippen molar-refractivity contribution in [2.75, 3.05) is 0 Å². The molecule has 2 heterocycles. The summed E-state index contributed by atoms with van der Waals surface area (Å²) in [5.41, 5.74) is 8.36. The standard InChI is InChI=1S/C25H32BN3O3/c1-18(27)12-19-8-6-10-22(13-19)30-23-11-7-9-20(14-23)16-29-17-21(15-28-29)26-31-24(2,3)25(4,5)32-26/h6-11,13-15,17-18H,12,16,27H2,1-5H3. The van der Waals surface area contributed by atoms with Crippen LogP contribution in [0.3, 0.4) is 0 Å². The summed E-state index contributed by atoms with van der Waals surface area (Å²) in [6.45, 7) is 10.8. The van der Waals surface area contributed by atoms with E-state index in [2.05, 4.69) is 44.9 Å². The second-order valence-corrected chi connectivity index (χ2v) is 9.64. The highest BCUT2D eigenvalue weighted by Crippen LogP contribution is 2.36. The summed E-state index contributed by atoms with van der Waals surface area (Å²) in [5, 5.41) is 4.51. The van der Waals surface area contributed by atoms with Crippen LogP contribution in [-0.4, -0.2) is 34.1 Å². The highest BCUT2D eigenvalue weighted by Gasteiger charge is 2.52. The van der Waals surface area contributed by atoms with Crippen molar-refractivity contribution >= 4 is 12.6 Å². The lowest BCUT2D eigenvalue weighted by Gasteiger charge is -2.32. The second-order valence-electron chi connectivity index (χ2n) is 9.64. The van der Waals surface area contributed by atoms with Gasteiger partial charge in [0, 0.05) is 23.9 Å². The van der Waals surface area contributed by atoms with E-state index in [0.717, 1.165) is 28.9 Å². The van der Waals surface area contributed by atoms with Gasteiger partial charge in [-0.3, -0.25) is 4.68 Å². The Morgan fingerprint density at radius 2 is 1.59 bits per heavy atom. The summed E-state index contributed by atoms with van der Waals surface area (Å²) < 4.78 is 20.3. The summed E-state index contributed by atoms with van der Waals surface area (Å²) in [7, 11) is -0.410. The Bertz CT molecular complexity index is 1060. The fourth-order valence-electron chi connectivity index (χ4n) is 3.71. The van der Waals surface area contributed by atoms with Gasteiger partial charge in [-0.15, -0.1) is 0 Å². The molecule has 1 fully saturated rings. The van der Waals surface area contributed by atoms with Crippen molar-refractivity contribution in [2.24, 2.45) is 5.73 Å². The van der Waals surface area contributed by atoms with E-state index in [4.69, 9.17) is 19.8 Å². The van der Waals surface area contributed by atoms with Crippen molar-refractivity contribution < 1.29 is 14.0 Å². The molecule has 1 atom stereocenters. The first-order valence-corrected chi connectivity index (χ1v) is 11.1. The molecular formula is C25H32BN3O3. The van der Waals surface area contributed by atoms with E-state index < -0.39 is 7.12 Å². The number of nitrogens with zero attached hydrogens (tertiary/aromatic N) is 2. The van der Waals surface area contributed by atoms with Crippen LogP contribution < -0.4 is 15.9 Å². The molecule has 2 aromatic carbocycles. The predicted molar refractivity (Wildman–Crippen MR) is 127 cm³/mol. The van der Waals surface area contributed by atoms with E-state index in [1.807, 2.05) is 60.4 Å². The molecular weight excluding hydrogens is 401 g/mol. The monoisotopic (exact) mass is 433 g/mol. The van der Waals surface area contributed by atoms with Crippen LogP contribution in [-0.2, 0) is 22.3 Å². The normalized spacial score (nSPS) is 18.0. The molecule has 0 saturated carbocycles. The Balaban J connectivity index is 1.43.